The minimum atomic E-state index is -3.41. The van der Waals surface area contributed by atoms with Crippen LogP contribution in [0.1, 0.15) is 55.7 Å². The lowest BCUT2D eigenvalue weighted by Crippen LogP contribution is -2.20. The van der Waals surface area contributed by atoms with Crippen molar-refractivity contribution in [3.05, 3.63) is 59.2 Å². The zero-order valence-electron chi connectivity index (χ0n) is 16.9. The minimum absolute atomic E-state index is 0.0516. The zero-order chi connectivity index (χ0) is 20.5. The molecule has 0 aromatic heterocycles. The monoisotopic (exact) mass is 400 g/mol. The summed E-state index contributed by atoms with van der Waals surface area (Å²) < 4.78 is 27.6. The number of rotatable bonds is 7. The van der Waals surface area contributed by atoms with E-state index < -0.39 is 10.0 Å². The first kappa shape index (κ1) is 20.4. The van der Waals surface area contributed by atoms with Gasteiger partial charge in [-0.15, -0.1) is 0 Å². The Balaban J connectivity index is 1.61. The summed E-state index contributed by atoms with van der Waals surface area (Å²) in [5, 5.41) is 0. The summed E-state index contributed by atoms with van der Waals surface area (Å²) in [5.74, 6) is 0.644. The predicted octanol–water partition coefficient (Wildman–Crippen LogP) is 4.26. The molecule has 3 rings (SSSR count). The number of carbonyl (C=O) groups excluding carboxylic acids is 1. The molecule has 1 amide bonds. The molecule has 5 nitrogen and oxygen atoms in total. The Hall–Kier alpha value is -2.34. The van der Waals surface area contributed by atoms with E-state index in [9.17, 15) is 13.2 Å². The average Bonchev–Trinajstić information content (AvgIpc) is 2.93. The Kier molecular flexibility index (Phi) is 5.79. The summed E-state index contributed by atoms with van der Waals surface area (Å²) in [5.41, 5.74) is 4.80. The van der Waals surface area contributed by atoms with Crippen LogP contribution >= 0.6 is 0 Å². The molecule has 0 fully saturated rings. The van der Waals surface area contributed by atoms with Crippen molar-refractivity contribution in [2.45, 2.75) is 45.4 Å². The number of amides is 1. The quantitative estimate of drug-likeness (QED) is 0.755. The van der Waals surface area contributed by atoms with Crippen LogP contribution in [0.25, 0.3) is 0 Å². The second-order valence-corrected chi connectivity index (χ2v) is 9.75. The van der Waals surface area contributed by atoms with E-state index in [0.29, 0.717) is 24.4 Å². The molecule has 1 atom stereocenters. The minimum Gasteiger partial charge on any atom is -0.315 e. The second-order valence-electron chi connectivity index (χ2n) is 7.91. The third-order valence-electron chi connectivity index (χ3n) is 5.42. The summed E-state index contributed by atoms with van der Waals surface area (Å²) in [7, 11) is -1.63. The fraction of sp³-hybridized carbons (Fsp3) is 0.409. The predicted molar refractivity (Wildman–Crippen MR) is 115 cm³/mol. The van der Waals surface area contributed by atoms with Crippen LogP contribution in [0.3, 0.4) is 0 Å². The van der Waals surface area contributed by atoms with E-state index in [1.54, 1.807) is 11.9 Å². The highest BCUT2D eigenvalue weighted by molar-refractivity contribution is 7.92. The number of benzene rings is 2. The Morgan fingerprint density at radius 3 is 2.32 bits per heavy atom. The van der Waals surface area contributed by atoms with Gasteiger partial charge in [0, 0.05) is 18.4 Å². The average molecular weight is 401 g/mol. The Morgan fingerprint density at radius 1 is 1.04 bits per heavy atom. The molecule has 150 valence electrons. The zero-order valence-corrected chi connectivity index (χ0v) is 17.7. The van der Waals surface area contributed by atoms with E-state index in [-0.39, 0.29) is 17.6 Å². The van der Waals surface area contributed by atoms with Gasteiger partial charge in [0.15, 0.2) is 0 Å². The summed E-state index contributed by atoms with van der Waals surface area (Å²) >= 11 is 0. The van der Waals surface area contributed by atoms with Crippen molar-refractivity contribution in [3.8, 4) is 0 Å². The molecule has 1 unspecified atom stereocenters. The van der Waals surface area contributed by atoms with E-state index in [2.05, 4.69) is 18.6 Å². The molecule has 2 aromatic rings. The number of anilines is 2. The summed E-state index contributed by atoms with van der Waals surface area (Å²) in [6.07, 6.45) is 0.931. The van der Waals surface area contributed by atoms with Crippen LogP contribution in [0, 0.1) is 0 Å². The first-order chi connectivity index (χ1) is 13.2. The van der Waals surface area contributed by atoms with Crippen LogP contribution < -0.4 is 9.62 Å². The van der Waals surface area contributed by atoms with E-state index in [1.165, 1.54) is 5.56 Å². The van der Waals surface area contributed by atoms with Gasteiger partial charge in [0.1, 0.15) is 0 Å². The van der Waals surface area contributed by atoms with E-state index in [4.69, 9.17) is 0 Å². The number of sulfonamides is 1. The van der Waals surface area contributed by atoms with Gasteiger partial charge in [0.25, 0.3) is 0 Å². The molecule has 1 heterocycles. The number of hydrogen-bond donors (Lipinski definition) is 1. The summed E-state index contributed by atoms with van der Waals surface area (Å²) in [6, 6.07) is 13.5. The molecule has 1 aliphatic heterocycles. The van der Waals surface area contributed by atoms with Gasteiger partial charge in [-0.25, -0.2) is 8.42 Å². The van der Waals surface area contributed by atoms with Crippen molar-refractivity contribution in [2.75, 3.05) is 22.4 Å². The Labute approximate surface area is 167 Å². The fourth-order valence-electron chi connectivity index (χ4n) is 3.46. The number of hydrogen-bond acceptors (Lipinski definition) is 3. The molecule has 0 saturated heterocycles. The highest BCUT2D eigenvalue weighted by Gasteiger charge is 2.24. The second kappa shape index (κ2) is 7.95. The first-order valence-electron chi connectivity index (χ1n) is 9.66. The molecule has 0 spiro atoms. The van der Waals surface area contributed by atoms with E-state index >= 15 is 0 Å². The largest absolute Gasteiger partial charge is 0.315 e. The summed E-state index contributed by atoms with van der Waals surface area (Å²) in [6.45, 7) is 6.23. The third-order valence-corrected chi connectivity index (χ3v) is 6.74. The molecule has 0 saturated carbocycles. The van der Waals surface area contributed by atoms with Crippen molar-refractivity contribution in [1.29, 1.82) is 0 Å². The Morgan fingerprint density at radius 2 is 1.68 bits per heavy atom. The molecule has 2 aromatic carbocycles. The van der Waals surface area contributed by atoms with Gasteiger partial charge >= 0.3 is 0 Å². The lowest BCUT2D eigenvalue weighted by molar-refractivity contribution is -0.117. The third kappa shape index (κ3) is 4.55. The topological polar surface area (TPSA) is 66.5 Å². The SMILES string of the molecule is CC(C)c1ccc(NS(=O)(=O)CCC(C)c2ccc3c(c2)CC(=O)N3C)cc1. The van der Waals surface area contributed by atoms with E-state index in [1.807, 2.05) is 49.4 Å². The maximum Gasteiger partial charge on any atom is 0.232 e. The molecule has 1 N–H and O–H groups in total. The van der Waals surface area contributed by atoms with Crippen molar-refractivity contribution in [2.24, 2.45) is 0 Å². The fourth-order valence-corrected chi connectivity index (χ4v) is 4.72. The first-order valence-corrected chi connectivity index (χ1v) is 11.3. The van der Waals surface area contributed by atoms with Crippen LogP contribution in [0.5, 0.6) is 0 Å². The van der Waals surface area contributed by atoms with Crippen LogP contribution in [-0.4, -0.2) is 27.1 Å². The van der Waals surface area contributed by atoms with Crippen LogP contribution in [-0.2, 0) is 21.2 Å². The van der Waals surface area contributed by atoms with Crippen LogP contribution in [0.2, 0.25) is 0 Å². The molecule has 0 aliphatic carbocycles. The molecular weight excluding hydrogens is 372 g/mol. The molecule has 0 bridgehead atoms. The van der Waals surface area contributed by atoms with Gasteiger partial charge in [-0.2, -0.15) is 0 Å². The maximum atomic E-state index is 12.5. The highest BCUT2D eigenvalue weighted by atomic mass is 32.2. The number of fused-ring (bicyclic) bond motifs is 1. The van der Waals surface area contributed by atoms with Crippen molar-refractivity contribution in [1.82, 2.24) is 0 Å². The number of likely N-dealkylation sites (N-methyl/N-ethyl adjacent to an activating group) is 1. The number of carbonyl (C=O) groups is 1. The lowest BCUT2D eigenvalue weighted by Gasteiger charge is -2.15. The smallest absolute Gasteiger partial charge is 0.232 e. The van der Waals surface area contributed by atoms with Gasteiger partial charge in [0.05, 0.1) is 12.2 Å². The van der Waals surface area contributed by atoms with Gasteiger partial charge < -0.3 is 4.90 Å². The van der Waals surface area contributed by atoms with Gasteiger partial charge in [-0.05, 0) is 53.1 Å². The van der Waals surface area contributed by atoms with Gasteiger partial charge in [0.2, 0.25) is 15.9 Å². The summed E-state index contributed by atoms with van der Waals surface area (Å²) in [4.78, 5) is 13.5. The molecule has 0 radical (unpaired) electrons. The molecule has 1 aliphatic rings. The van der Waals surface area contributed by atoms with Gasteiger partial charge in [-0.1, -0.05) is 45.0 Å². The van der Waals surface area contributed by atoms with Crippen LogP contribution in [0.15, 0.2) is 42.5 Å². The van der Waals surface area contributed by atoms with Crippen molar-refractivity contribution in [3.63, 3.8) is 0 Å². The van der Waals surface area contributed by atoms with Crippen molar-refractivity contribution >= 4 is 27.3 Å². The maximum absolute atomic E-state index is 12.5. The highest BCUT2D eigenvalue weighted by Crippen LogP contribution is 2.31. The van der Waals surface area contributed by atoms with Crippen LogP contribution in [0.4, 0.5) is 11.4 Å². The Bertz CT molecular complexity index is 966. The number of nitrogens with zero attached hydrogens (tertiary/aromatic N) is 1. The molecule has 28 heavy (non-hydrogen) atoms. The molecule has 6 heteroatoms. The number of nitrogens with one attached hydrogen (secondary N) is 1. The standard InChI is InChI=1S/C22H28N2O3S/c1-15(2)17-5-8-20(9-6-17)23-28(26,27)12-11-16(3)18-7-10-21-19(13-18)14-22(25)24(21)4/h5-10,13,15-16,23H,11-12,14H2,1-4H3. The normalized spacial score (nSPS) is 15.0. The van der Waals surface area contributed by atoms with E-state index in [0.717, 1.165) is 16.8 Å². The molecular formula is C22H28N2O3S. The lowest BCUT2D eigenvalue weighted by atomic mass is 9.96. The van der Waals surface area contributed by atoms with Crippen molar-refractivity contribution < 1.29 is 13.2 Å². The van der Waals surface area contributed by atoms with Gasteiger partial charge in [-0.3, -0.25) is 9.52 Å².